The van der Waals surface area contributed by atoms with E-state index in [4.69, 9.17) is 10.7 Å². The molecule has 0 aliphatic carbocycles. The number of hydrogen-bond donors (Lipinski definition) is 3. The molecule has 50 heavy (non-hydrogen) atoms. The van der Waals surface area contributed by atoms with E-state index in [1.54, 1.807) is 23.9 Å². The minimum absolute atomic E-state index is 0.0601. The molecule has 10 heteroatoms. The molecule has 0 radical (unpaired) electrons. The summed E-state index contributed by atoms with van der Waals surface area (Å²) in [6, 6.07) is 27.9. The van der Waals surface area contributed by atoms with Crippen molar-refractivity contribution in [1.82, 2.24) is 14.9 Å². The fraction of sp³-hybridized carbons (Fsp3) is 0.300. The number of carbonyl (C=O) groups excluding carboxylic acids is 2. The van der Waals surface area contributed by atoms with Gasteiger partial charge in [0.2, 0.25) is 5.12 Å². The quantitative estimate of drug-likeness (QED) is 0.0969. The summed E-state index contributed by atoms with van der Waals surface area (Å²) < 4.78 is 2.18. The number of aromatic nitrogens is 2. The van der Waals surface area contributed by atoms with E-state index in [1.807, 2.05) is 92.0 Å². The number of carboxylic acid groups (broad SMARTS) is 1. The third-order valence-electron chi connectivity index (χ3n) is 8.65. The maximum Gasteiger partial charge on any atom is 0.336 e. The lowest BCUT2D eigenvalue weighted by atomic mass is 9.98. The van der Waals surface area contributed by atoms with Gasteiger partial charge in [-0.25, -0.2) is 9.78 Å². The maximum atomic E-state index is 13.9. The molecule has 1 heterocycles. The molecule has 5 aromatic rings. The molecule has 0 saturated heterocycles. The van der Waals surface area contributed by atoms with Crippen LogP contribution in [0, 0.1) is 6.92 Å². The molecule has 0 fully saturated rings. The molecule has 0 aliphatic rings. The van der Waals surface area contributed by atoms with Crippen molar-refractivity contribution in [3.63, 3.8) is 0 Å². The molecule has 0 unspecified atom stereocenters. The number of rotatable bonds is 16. The molecule has 4 N–H and O–H groups in total. The van der Waals surface area contributed by atoms with Gasteiger partial charge in [-0.1, -0.05) is 91.5 Å². The Labute approximate surface area is 302 Å². The number of aryl methyl sites for hydroxylation is 2. The van der Waals surface area contributed by atoms with Gasteiger partial charge in [0.15, 0.2) is 0 Å². The SMILES string of the molecule is CCCc1nc2c(C)cc(C(=O)N[C@@H](CSC(=O)[C@@H](N)CCSC)Cc3ccccc3)cc2n1Cc1ccc(-c2ccccc2C(=O)O)cc1. The van der Waals surface area contributed by atoms with Crippen molar-refractivity contribution in [1.29, 1.82) is 0 Å². The van der Waals surface area contributed by atoms with Crippen molar-refractivity contribution in [3.8, 4) is 11.1 Å². The molecule has 0 aliphatic heterocycles. The fourth-order valence-corrected chi connectivity index (χ4v) is 7.42. The Kier molecular flexibility index (Phi) is 12.9. The summed E-state index contributed by atoms with van der Waals surface area (Å²) >= 11 is 2.85. The van der Waals surface area contributed by atoms with Crippen molar-refractivity contribution in [2.75, 3.05) is 17.8 Å². The van der Waals surface area contributed by atoms with Crippen LogP contribution in [0.4, 0.5) is 0 Å². The number of nitrogens with two attached hydrogens (primary N) is 1. The van der Waals surface area contributed by atoms with Crippen molar-refractivity contribution < 1.29 is 19.5 Å². The van der Waals surface area contributed by atoms with Gasteiger partial charge < -0.3 is 20.7 Å². The van der Waals surface area contributed by atoms with Gasteiger partial charge in [0, 0.05) is 30.3 Å². The second-order valence-electron chi connectivity index (χ2n) is 12.5. The predicted molar refractivity (Wildman–Crippen MR) is 206 cm³/mol. The predicted octanol–water partition coefficient (Wildman–Crippen LogP) is 7.39. The number of amides is 1. The Morgan fingerprint density at radius 1 is 0.960 bits per heavy atom. The third kappa shape index (κ3) is 9.24. The number of aromatic carboxylic acids is 1. The normalized spacial score (nSPS) is 12.5. The second kappa shape index (κ2) is 17.5. The molecule has 260 valence electrons. The Bertz CT molecular complexity index is 1940. The zero-order valence-corrected chi connectivity index (χ0v) is 30.4. The Balaban J connectivity index is 1.41. The standard InChI is InChI=1S/C40H44N4O4S2/c1-4-10-36-43-37-26(2)21-30(38(45)42-31(22-27-11-6-5-7-12-27)25-50-40(48)34(41)19-20-49-3)23-35(37)44(36)24-28-15-17-29(18-16-28)32-13-8-9-14-33(32)39(46)47/h5-9,11-18,21,23,31,34H,4,10,19-20,22,24-25,41H2,1-3H3,(H,42,45)(H,46,47)/t31-,34+/m1/s1. The Morgan fingerprint density at radius 3 is 2.38 bits per heavy atom. The maximum absolute atomic E-state index is 13.9. The zero-order chi connectivity index (χ0) is 35.6. The van der Waals surface area contributed by atoms with Crippen LogP contribution < -0.4 is 11.1 Å². The number of hydrogen-bond acceptors (Lipinski definition) is 7. The first-order chi connectivity index (χ1) is 24.2. The lowest BCUT2D eigenvalue weighted by Gasteiger charge is -2.20. The first kappa shape index (κ1) is 36.9. The highest BCUT2D eigenvalue weighted by Crippen LogP contribution is 2.27. The van der Waals surface area contributed by atoms with Crippen LogP contribution in [0.1, 0.15) is 63.0 Å². The van der Waals surface area contributed by atoms with E-state index in [0.29, 0.717) is 36.3 Å². The monoisotopic (exact) mass is 708 g/mol. The summed E-state index contributed by atoms with van der Waals surface area (Å²) in [5, 5.41) is 12.8. The van der Waals surface area contributed by atoms with Crippen molar-refractivity contribution in [2.45, 2.75) is 58.2 Å². The molecule has 2 atom stereocenters. The van der Waals surface area contributed by atoms with E-state index in [1.165, 1.54) is 11.8 Å². The first-order valence-electron chi connectivity index (χ1n) is 16.9. The van der Waals surface area contributed by atoms with Gasteiger partial charge in [0.25, 0.3) is 5.91 Å². The minimum Gasteiger partial charge on any atom is -0.478 e. The van der Waals surface area contributed by atoms with E-state index in [2.05, 4.69) is 16.8 Å². The third-order valence-corrected chi connectivity index (χ3v) is 10.4. The van der Waals surface area contributed by atoms with Crippen molar-refractivity contribution in [2.24, 2.45) is 5.73 Å². The number of carbonyl (C=O) groups is 3. The number of nitrogens with zero attached hydrogens (tertiary/aromatic N) is 2. The number of fused-ring (bicyclic) bond motifs is 1. The Morgan fingerprint density at radius 2 is 1.68 bits per heavy atom. The van der Waals surface area contributed by atoms with E-state index in [0.717, 1.165) is 57.7 Å². The largest absolute Gasteiger partial charge is 0.478 e. The van der Waals surface area contributed by atoms with E-state index >= 15 is 0 Å². The smallest absolute Gasteiger partial charge is 0.336 e. The molecule has 5 rings (SSSR count). The van der Waals surface area contributed by atoms with Gasteiger partial charge in [-0.15, -0.1) is 0 Å². The van der Waals surface area contributed by atoms with Gasteiger partial charge in [0.05, 0.1) is 22.6 Å². The van der Waals surface area contributed by atoms with Crippen LogP contribution in [0.3, 0.4) is 0 Å². The first-order valence-corrected chi connectivity index (χ1v) is 19.2. The molecule has 0 spiro atoms. The molecule has 1 amide bonds. The van der Waals surface area contributed by atoms with E-state index in [-0.39, 0.29) is 22.6 Å². The molecule has 0 bridgehead atoms. The van der Waals surface area contributed by atoms with E-state index in [9.17, 15) is 19.5 Å². The fourth-order valence-electron chi connectivity index (χ4n) is 6.03. The highest BCUT2D eigenvalue weighted by molar-refractivity contribution is 8.13. The Hall–Kier alpha value is -4.38. The number of benzene rings is 4. The average Bonchev–Trinajstić information content (AvgIpc) is 3.47. The van der Waals surface area contributed by atoms with Crippen LogP contribution in [0.2, 0.25) is 0 Å². The van der Waals surface area contributed by atoms with Gasteiger partial charge in [-0.05, 0) is 84.2 Å². The molecule has 1 aromatic heterocycles. The zero-order valence-electron chi connectivity index (χ0n) is 28.7. The summed E-state index contributed by atoms with van der Waals surface area (Å²) in [4.78, 5) is 43.5. The molecule has 8 nitrogen and oxygen atoms in total. The van der Waals surface area contributed by atoms with Gasteiger partial charge in [-0.3, -0.25) is 9.59 Å². The number of imidazole rings is 1. The van der Waals surface area contributed by atoms with Crippen LogP contribution in [0.15, 0.2) is 91.0 Å². The van der Waals surface area contributed by atoms with Crippen LogP contribution >= 0.6 is 23.5 Å². The summed E-state index contributed by atoms with van der Waals surface area (Å²) in [6.45, 7) is 4.64. The van der Waals surface area contributed by atoms with Crippen LogP contribution in [0.25, 0.3) is 22.2 Å². The van der Waals surface area contributed by atoms with Crippen LogP contribution in [-0.4, -0.2) is 61.5 Å². The van der Waals surface area contributed by atoms with Gasteiger partial charge in [-0.2, -0.15) is 11.8 Å². The molecular formula is C40H44N4O4S2. The van der Waals surface area contributed by atoms with Gasteiger partial charge in [0.1, 0.15) is 5.82 Å². The lowest BCUT2D eigenvalue weighted by Crippen LogP contribution is -2.39. The topological polar surface area (TPSA) is 127 Å². The number of nitrogens with one attached hydrogen (secondary N) is 1. The van der Waals surface area contributed by atoms with Crippen LogP contribution in [-0.2, 0) is 24.2 Å². The van der Waals surface area contributed by atoms with Crippen molar-refractivity contribution in [3.05, 3.63) is 125 Å². The molecule has 4 aromatic carbocycles. The highest BCUT2D eigenvalue weighted by atomic mass is 32.2. The molecule has 0 saturated carbocycles. The van der Waals surface area contributed by atoms with Crippen molar-refractivity contribution >= 4 is 51.5 Å². The molecular weight excluding hydrogens is 665 g/mol. The minimum atomic E-state index is -0.960. The summed E-state index contributed by atoms with van der Waals surface area (Å²) in [5.74, 6) is 1.01. The summed E-state index contributed by atoms with van der Waals surface area (Å²) in [7, 11) is 0. The second-order valence-corrected chi connectivity index (χ2v) is 14.5. The lowest BCUT2D eigenvalue weighted by molar-refractivity contribution is -0.112. The summed E-state index contributed by atoms with van der Waals surface area (Å²) in [5.41, 5.74) is 13.2. The number of thioether (sulfide) groups is 2. The number of carboxylic acids is 1. The average molecular weight is 709 g/mol. The van der Waals surface area contributed by atoms with Crippen LogP contribution in [0.5, 0.6) is 0 Å². The highest BCUT2D eigenvalue weighted by Gasteiger charge is 2.22. The summed E-state index contributed by atoms with van der Waals surface area (Å²) in [6.07, 6.45) is 4.90. The van der Waals surface area contributed by atoms with E-state index < -0.39 is 12.0 Å². The van der Waals surface area contributed by atoms with Gasteiger partial charge >= 0.3 is 5.97 Å².